The van der Waals surface area contributed by atoms with E-state index in [0.717, 1.165) is 22.2 Å². The Hall–Kier alpha value is -2.79. The number of thiocarbonyl (C=S) groups is 1. The molecular weight excluding hydrogens is 318 g/mol. The Labute approximate surface area is 144 Å². The fourth-order valence-corrected chi connectivity index (χ4v) is 3.26. The summed E-state index contributed by atoms with van der Waals surface area (Å²) in [6.45, 7) is 0. The maximum absolute atomic E-state index is 12.5. The predicted octanol–water partition coefficient (Wildman–Crippen LogP) is 3.34. The second-order valence-electron chi connectivity index (χ2n) is 5.77. The van der Waals surface area contributed by atoms with Crippen LogP contribution in [0.1, 0.15) is 23.6 Å². The molecule has 3 aromatic rings. The summed E-state index contributed by atoms with van der Waals surface area (Å²) in [5, 5.41) is 4.62. The topological polar surface area (TPSA) is 57.2 Å². The molecule has 0 radical (unpaired) electrons. The van der Waals surface area contributed by atoms with Crippen molar-refractivity contribution in [3.8, 4) is 0 Å². The van der Waals surface area contributed by atoms with Gasteiger partial charge >= 0.3 is 0 Å². The maximum Gasteiger partial charge on any atom is 0.257 e. The molecule has 118 valence electrons. The lowest BCUT2D eigenvalue weighted by molar-refractivity contribution is 0.664. The van der Waals surface area contributed by atoms with Crippen LogP contribution < -0.4 is 10.9 Å². The highest BCUT2D eigenvalue weighted by molar-refractivity contribution is 7.80. The van der Waals surface area contributed by atoms with Gasteiger partial charge in [0.05, 0.1) is 17.3 Å². The Bertz CT molecular complexity index is 1010. The summed E-state index contributed by atoms with van der Waals surface area (Å²) in [6, 6.07) is 19.7. The van der Waals surface area contributed by atoms with Crippen molar-refractivity contribution in [2.24, 2.45) is 4.99 Å². The van der Waals surface area contributed by atoms with Gasteiger partial charge in [-0.3, -0.25) is 4.79 Å². The maximum atomic E-state index is 12.5. The average Bonchev–Trinajstić information content (AvgIpc) is 2.61. The fourth-order valence-electron chi connectivity index (χ4n) is 3.01. The first kappa shape index (κ1) is 14.8. The van der Waals surface area contributed by atoms with E-state index in [1.165, 1.54) is 0 Å². The Morgan fingerprint density at radius 2 is 1.79 bits per heavy atom. The van der Waals surface area contributed by atoms with Crippen molar-refractivity contribution in [2.45, 2.75) is 12.5 Å². The van der Waals surface area contributed by atoms with Gasteiger partial charge < -0.3 is 10.3 Å². The van der Waals surface area contributed by atoms with Crippen LogP contribution in [0.25, 0.3) is 10.9 Å². The molecule has 0 amide bonds. The molecule has 1 atom stereocenters. The van der Waals surface area contributed by atoms with Gasteiger partial charge in [-0.25, -0.2) is 4.99 Å². The molecule has 0 saturated carbocycles. The summed E-state index contributed by atoms with van der Waals surface area (Å²) in [5.74, 6) is 0. The minimum absolute atomic E-state index is 0.0251. The normalized spacial score (nSPS) is 17.4. The van der Waals surface area contributed by atoms with Crippen LogP contribution in [0, 0.1) is 0 Å². The number of nitrogens with one attached hydrogen (secondary N) is 2. The zero-order valence-corrected chi connectivity index (χ0v) is 13.6. The molecule has 2 heterocycles. The van der Waals surface area contributed by atoms with Crippen LogP contribution in [0.2, 0.25) is 0 Å². The summed E-state index contributed by atoms with van der Waals surface area (Å²) in [7, 11) is 0. The number of rotatable bonds is 2. The van der Waals surface area contributed by atoms with Gasteiger partial charge in [0.25, 0.3) is 5.56 Å². The molecule has 0 spiro atoms. The Kier molecular flexibility index (Phi) is 3.70. The van der Waals surface area contributed by atoms with E-state index < -0.39 is 0 Å². The first-order valence-corrected chi connectivity index (χ1v) is 8.17. The van der Waals surface area contributed by atoms with E-state index in [1.807, 2.05) is 60.7 Å². The quantitative estimate of drug-likeness (QED) is 0.707. The lowest BCUT2D eigenvalue weighted by Gasteiger charge is -2.25. The summed E-state index contributed by atoms with van der Waals surface area (Å²) in [6.07, 6.45) is 0.617. The fraction of sp³-hybridized carbons (Fsp3) is 0.105. The molecule has 24 heavy (non-hydrogen) atoms. The molecule has 1 unspecified atom stereocenters. The van der Waals surface area contributed by atoms with Crippen LogP contribution in [-0.4, -0.2) is 15.8 Å². The second kappa shape index (κ2) is 6.02. The van der Waals surface area contributed by atoms with Crippen molar-refractivity contribution < 1.29 is 0 Å². The zero-order chi connectivity index (χ0) is 16.5. The van der Waals surface area contributed by atoms with Crippen LogP contribution in [0.5, 0.6) is 0 Å². The van der Waals surface area contributed by atoms with Gasteiger partial charge in [0, 0.05) is 11.9 Å². The molecule has 4 rings (SSSR count). The van der Waals surface area contributed by atoms with E-state index in [4.69, 9.17) is 12.2 Å². The Balaban J connectivity index is 1.77. The second-order valence-corrected chi connectivity index (χ2v) is 6.16. The highest BCUT2D eigenvalue weighted by atomic mass is 32.1. The average molecular weight is 333 g/mol. The van der Waals surface area contributed by atoms with Crippen molar-refractivity contribution in [2.75, 3.05) is 0 Å². The molecule has 2 aromatic carbocycles. The monoisotopic (exact) mass is 333 g/mol. The van der Waals surface area contributed by atoms with E-state index in [2.05, 4.69) is 15.3 Å². The van der Waals surface area contributed by atoms with Gasteiger partial charge in [0.2, 0.25) is 0 Å². The van der Waals surface area contributed by atoms with Gasteiger partial charge in [0.1, 0.15) is 0 Å². The first-order valence-electron chi connectivity index (χ1n) is 7.76. The van der Waals surface area contributed by atoms with Crippen molar-refractivity contribution in [3.05, 3.63) is 82.1 Å². The molecule has 1 aromatic heterocycles. The van der Waals surface area contributed by atoms with E-state index in [0.29, 0.717) is 17.1 Å². The highest BCUT2D eigenvalue weighted by Gasteiger charge is 2.23. The zero-order valence-electron chi connectivity index (χ0n) is 12.8. The van der Waals surface area contributed by atoms with Crippen LogP contribution in [-0.2, 0) is 0 Å². The summed E-state index contributed by atoms with van der Waals surface area (Å²) < 4.78 is 0. The van der Waals surface area contributed by atoms with E-state index in [-0.39, 0.29) is 11.6 Å². The number of benzene rings is 2. The number of nitrogens with zero attached hydrogens (tertiary/aromatic N) is 1. The first-order chi connectivity index (χ1) is 11.7. The number of para-hydroxylation sites is 1. The molecule has 0 saturated heterocycles. The number of hydrogen-bond acceptors (Lipinski definition) is 2. The Morgan fingerprint density at radius 3 is 2.62 bits per heavy atom. The summed E-state index contributed by atoms with van der Waals surface area (Å²) >= 11 is 5.29. The van der Waals surface area contributed by atoms with Crippen molar-refractivity contribution in [1.29, 1.82) is 0 Å². The molecule has 5 heteroatoms. The molecule has 4 nitrogen and oxygen atoms in total. The van der Waals surface area contributed by atoms with Crippen LogP contribution in [0.15, 0.2) is 70.5 Å². The van der Waals surface area contributed by atoms with Gasteiger partial charge in [-0.1, -0.05) is 48.5 Å². The number of aromatic amines is 1. The predicted molar refractivity (Wildman–Crippen MR) is 101 cm³/mol. The van der Waals surface area contributed by atoms with E-state index in [9.17, 15) is 4.79 Å². The highest BCUT2D eigenvalue weighted by Crippen LogP contribution is 2.23. The molecule has 0 bridgehead atoms. The number of fused-ring (bicyclic) bond motifs is 1. The van der Waals surface area contributed by atoms with Crippen molar-refractivity contribution in [3.63, 3.8) is 0 Å². The third-order valence-corrected chi connectivity index (χ3v) is 4.41. The molecule has 1 aliphatic heterocycles. The van der Waals surface area contributed by atoms with Crippen LogP contribution in [0.4, 0.5) is 0 Å². The molecule has 0 aliphatic carbocycles. The lowest BCUT2D eigenvalue weighted by atomic mass is 9.96. The number of aliphatic imine (C=N–C) groups is 1. The van der Waals surface area contributed by atoms with Gasteiger partial charge in [-0.2, -0.15) is 0 Å². The number of H-pyrrole nitrogens is 1. The van der Waals surface area contributed by atoms with Crippen LogP contribution >= 0.6 is 12.2 Å². The molecule has 1 aliphatic rings. The third-order valence-electron chi connectivity index (χ3n) is 4.20. The molecule has 0 fully saturated rings. The summed E-state index contributed by atoms with van der Waals surface area (Å²) in [4.78, 5) is 19.8. The number of hydrogen-bond donors (Lipinski definition) is 2. The number of pyridine rings is 1. The Morgan fingerprint density at radius 1 is 1.04 bits per heavy atom. The lowest BCUT2D eigenvalue weighted by Crippen LogP contribution is -2.35. The van der Waals surface area contributed by atoms with Gasteiger partial charge in [-0.05, 0) is 35.3 Å². The smallest absolute Gasteiger partial charge is 0.257 e. The molecule has 2 N–H and O–H groups in total. The van der Waals surface area contributed by atoms with Crippen molar-refractivity contribution in [1.82, 2.24) is 10.3 Å². The SMILES string of the molecule is O=c1[nH]c2ccccc2cc1C1=NC(=S)NC(c2ccccc2)C1. The summed E-state index contributed by atoms with van der Waals surface area (Å²) in [5.41, 5.74) is 3.12. The minimum atomic E-state index is -0.135. The van der Waals surface area contributed by atoms with E-state index in [1.54, 1.807) is 0 Å². The minimum Gasteiger partial charge on any atom is -0.354 e. The molecular formula is C19H15N3OS. The number of aromatic nitrogens is 1. The van der Waals surface area contributed by atoms with Gasteiger partial charge in [0.15, 0.2) is 5.11 Å². The third kappa shape index (κ3) is 2.74. The van der Waals surface area contributed by atoms with Gasteiger partial charge in [-0.15, -0.1) is 0 Å². The van der Waals surface area contributed by atoms with Crippen LogP contribution in [0.3, 0.4) is 0 Å². The standard InChI is InChI=1S/C19H15N3OS/c23-18-14(10-13-8-4-5-9-15(13)20-18)17-11-16(21-19(24)22-17)12-6-2-1-3-7-12/h1-10,16H,11H2,(H,20,23)(H,21,24). The van der Waals surface area contributed by atoms with Crippen molar-refractivity contribution >= 4 is 33.9 Å². The largest absolute Gasteiger partial charge is 0.354 e. The van der Waals surface area contributed by atoms with E-state index >= 15 is 0 Å².